The van der Waals surface area contributed by atoms with Crippen LogP contribution >= 0.6 is 11.8 Å². The standard InChI is InChI=1S/C13H21N3O2S2/c1-3-20(17,18)13-10-19-7-6-16(13)12-4-5-15-11(8-12)9-14-2/h4-5,8,13-14H,3,6-7,9-10H2,1-2H3. The van der Waals surface area contributed by atoms with Crippen LogP contribution in [0.25, 0.3) is 0 Å². The maximum atomic E-state index is 12.3. The number of sulfone groups is 1. The van der Waals surface area contributed by atoms with Gasteiger partial charge in [0.1, 0.15) is 5.37 Å². The molecule has 0 bridgehead atoms. The second-order valence-electron chi connectivity index (χ2n) is 4.71. The number of anilines is 1. The molecule has 0 radical (unpaired) electrons. The SMILES string of the molecule is CCS(=O)(=O)C1CSCCN1c1ccnc(CNC)c1. The van der Waals surface area contributed by atoms with Crippen molar-refractivity contribution in [2.24, 2.45) is 0 Å². The summed E-state index contributed by atoms with van der Waals surface area (Å²) in [4.78, 5) is 6.30. The van der Waals surface area contributed by atoms with Crippen molar-refractivity contribution in [2.45, 2.75) is 18.8 Å². The fourth-order valence-corrected chi connectivity index (χ4v) is 5.28. The summed E-state index contributed by atoms with van der Waals surface area (Å²) in [5, 5.41) is 2.64. The van der Waals surface area contributed by atoms with Crippen LogP contribution in [-0.2, 0) is 16.4 Å². The third-order valence-electron chi connectivity index (χ3n) is 3.39. The largest absolute Gasteiger partial charge is 0.353 e. The van der Waals surface area contributed by atoms with Gasteiger partial charge in [0.05, 0.1) is 5.69 Å². The van der Waals surface area contributed by atoms with Crippen LogP contribution in [0.4, 0.5) is 5.69 Å². The summed E-state index contributed by atoms with van der Waals surface area (Å²) in [6.45, 7) is 3.16. The molecule has 5 nitrogen and oxygen atoms in total. The summed E-state index contributed by atoms with van der Waals surface area (Å²) in [6.07, 6.45) is 1.75. The molecule has 20 heavy (non-hydrogen) atoms. The van der Waals surface area contributed by atoms with E-state index < -0.39 is 15.2 Å². The van der Waals surface area contributed by atoms with Crippen molar-refractivity contribution >= 4 is 27.3 Å². The Morgan fingerprint density at radius 1 is 1.55 bits per heavy atom. The van der Waals surface area contributed by atoms with Gasteiger partial charge < -0.3 is 10.2 Å². The number of hydrogen-bond donors (Lipinski definition) is 1. The second kappa shape index (κ2) is 6.78. The molecule has 0 aromatic carbocycles. The molecule has 1 fully saturated rings. The van der Waals surface area contributed by atoms with E-state index in [0.29, 0.717) is 12.3 Å². The molecule has 1 aliphatic rings. The summed E-state index contributed by atoms with van der Waals surface area (Å²) in [5.41, 5.74) is 1.88. The lowest BCUT2D eigenvalue weighted by Crippen LogP contribution is -2.48. The van der Waals surface area contributed by atoms with Crippen LogP contribution in [-0.4, -0.2) is 49.6 Å². The zero-order valence-corrected chi connectivity index (χ0v) is 13.5. The number of rotatable bonds is 5. The molecule has 0 amide bonds. The number of nitrogens with zero attached hydrogens (tertiary/aromatic N) is 2. The van der Waals surface area contributed by atoms with Crippen LogP contribution < -0.4 is 10.2 Å². The van der Waals surface area contributed by atoms with E-state index in [2.05, 4.69) is 10.3 Å². The van der Waals surface area contributed by atoms with Gasteiger partial charge in [-0.2, -0.15) is 11.8 Å². The van der Waals surface area contributed by atoms with E-state index in [1.165, 1.54) is 0 Å². The molecule has 1 aromatic rings. The zero-order chi connectivity index (χ0) is 14.6. The average molecular weight is 315 g/mol. The van der Waals surface area contributed by atoms with Gasteiger partial charge in [0.25, 0.3) is 0 Å². The quantitative estimate of drug-likeness (QED) is 0.878. The molecular formula is C13H21N3O2S2. The second-order valence-corrected chi connectivity index (χ2v) is 8.31. The Bertz CT molecular complexity index is 548. The van der Waals surface area contributed by atoms with Crippen molar-refractivity contribution in [3.63, 3.8) is 0 Å². The minimum absolute atomic E-state index is 0.184. The van der Waals surface area contributed by atoms with Crippen molar-refractivity contribution < 1.29 is 8.42 Å². The molecule has 1 unspecified atom stereocenters. The molecule has 1 atom stereocenters. The van der Waals surface area contributed by atoms with Crippen LogP contribution in [0, 0.1) is 0 Å². The molecule has 7 heteroatoms. The minimum atomic E-state index is -3.07. The molecule has 1 N–H and O–H groups in total. The molecule has 1 aromatic heterocycles. The van der Waals surface area contributed by atoms with Crippen LogP contribution in [0.5, 0.6) is 0 Å². The lowest BCUT2D eigenvalue weighted by atomic mass is 10.3. The van der Waals surface area contributed by atoms with Crippen LogP contribution in [0.1, 0.15) is 12.6 Å². The van der Waals surface area contributed by atoms with Gasteiger partial charge in [-0.05, 0) is 19.2 Å². The van der Waals surface area contributed by atoms with Crippen molar-refractivity contribution in [1.29, 1.82) is 0 Å². The summed E-state index contributed by atoms with van der Waals surface area (Å²) >= 11 is 1.71. The highest BCUT2D eigenvalue weighted by atomic mass is 32.2. The van der Waals surface area contributed by atoms with Gasteiger partial charge in [0.2, 0.25) is 0 Å². The van der Waals surface area contributed by atoms with E-state index >= 15 is 0 Å². The summed E-state index contributed by atoms with van der Waals surface area (Å²) < 4.78 is 24.5. The molecule has 1 saturated heterocycles. The predicted molar refractivity (Wildman–Crippen MR) is 84.9 cm³/mol. The van der Waals surface area contributed by atoms with Gasteiger partial charge in [0.15, 0.2) is 9.84 Å². The van der Waals surface area contributed by atoms with E-state index in [1.54, 1.807) is 24.9 Å². The highest BCUT2D eigenvalue weighted by Crippen LogP contribution is 2.27. The average Bonchev–Trinajstić information content (AvgIpc) is 2.48. The van der Waals surface area contributed by atoms with Gasteiger partial charge in [-0.25, -0.2) is 8.42 Å². The maximum Gasteiger partial charge on any atom is 0.171 e. The summed E-state index contributed by atoms with van der Waals surface area (Å²) in [5.74, 6) is 1.78. The first-order valence-electron chi connectivity index (χ1n) is 6.74. The first-order valence-corrected chi connectivity index (χ1v) is 9.61. The Hall–Kier alpha value is -0.790. The van der Waals surface area contributed by atoms with E-state index in [0.717, 1.165) is 23.7 Å². The lowest BCUT2D eigenvalue weighted by Gasteiger charge is -2.36. The Balaban J connectivity index is 2.30. The Morgan fingerprint density at radius 3 is 3.05 bits per heavy atom. The number of aromatic nitrogens is 1. The van der Waals surface area contributed by atoms with Crippen molar-refractivity contribution in [3.05, 3.63) is 24.0 Å². The lowest BCUT2D eigenvalue weighted by molar-refractivity contribution is 0.579. The molecule has 0 spiro atoms. The smallest absolute Gasteiger partial charge is 0.171 e. The number of pyridine rings is 1. The molecule has 0 saturated carbocycles. The zero-order valence-electron chi connectivity index (χ0n) is 11.9. The number of thioether (sulfide) groups is 1. The first-order chi connectivity index (χ1) is 9.58. The molecule has 1 aliphatic heterocycles. The van der Waals surface area contributed by atoms with Crippen LogP contribution in [0.2, 0.25) is 0 Å². The molecule has 2 rings (SSSR count). The molecular weight excluding hydrogens is 294 g/mol. The Labute approximate surface area is 125 Å². The molecule has 0 aliphatic carbocycles. The monoisotopic (exact) mass is 315 g/mol. The fraction of sp³-hybridized carbons (Fsp3) is 0.615. The highest BCUT2D eigenvalue weighted by molar-refractivity contribution is 8.01. The third kappa shape index (κ3) is 3.45. The summed E-state index contributed by atoms with van der Waals surface area (Å²) in [7, 11) is -1.20. The van der Waals surface area contributed by atoms with Gasteiger partial charge in [-0.1, -0.05) is 6.92 Å². The van der Waals surface area contributed by atoms with E-state index in [1.807, 2.05) is 24.1 Å². The fourth-order valence-electron chi connectivity index (χ4n) is 2.29. The van der Waals surface area contributed by atoms with E-state index in [9.17, 15) is 8.42 Å². The normalized spacial score (nSPS) is 20.1. The van der Waals surface area contributed by atoms with Crippen molar-refractivity contribution in [1.82, 2.24) is 10.3 Å². The molecule has 112 valence electrons. The number of hydrogen-bond acceptors (Lipinski definition) is 6. The molecule has 2 heterocycles. The maximum absolute atomic E-state index is 12.3. The van der Waals surface area contributed by atoms with Crippen molar-refractivity contribution in [2.75, 3.05) is 35.8 Å². The van der Waals surface area contributed by atoms with Crippen LogP contribution in [0.3, 0.4) is 0 Å². The van der Waals surface area contributed by atoms with Crippen LogP contribution in [0.15, 0.2) is 18.3 Å². The predicted octanol–water partition coefficient (Wildman–Crippen LogP) is 1.11. The highest BCUT2D eigenvalue weighted by Gasteiger charge is 2.33. The van der Waals surface area contributed by atoms with Gasteiger partial charge in [-0.15, -0.1) is 0 Å². The van der Waals surface area contributed by atoms with Gasteiger partial charge >= 0.3 is 0 Å². The summed E-state index contributed by atoms with van der Waals surface area (Å²) in [6, 6.07) is 3.87. The van der Waals surface area contributed by atoms with Gasteiger partial charge in [0, 0.05) is 42.2 Å². The minimum Gasteiger partial charge on any atom is -0.353 e. The third-order valence-corrected chi connectivity index (χ3v) is 6.68. The van der Waals surface area contributed by atoms with E-state index in [4.69, 9.17) is 0 Å². The van der Waals surface area contributed by atoms with Crippen molar-refractivity contribution in [3.8, 4) is 0 Å². The van der Waals surface area contributed by atoms with Gasteiger partial charge in [-0.3, -0.25) is 4.98 Å². The topological polar surface area (TPSA) is 62.3 Å². The number of nitrogens with one attached hydrogen (secondary N) is 1. The Morgan fingerprint density at radius 2 is 2.35 bits per heavy atom. The first kappa shape index (κ1) is 15.6. The van der Waals surface area contributed by atoms with E-state index in [-0.39, 0.29) is 5.75 Å². The Kier molecular flexibility index (Phi) is 5.29.